The van der Waals surface area contributed by atoms with E-state index in [9.17, 15) is 0 Å². The van der Waals surface area contributed by atoms with Crippen LogP contribution in [0, 0.1) is 5.92 Å². The Kier molecular flexibility index (Phi) is 4.79. The molecule has 0 N–H and O–H groups in total. The molecule has 0 amide bonds. The van der Waals surface area contributed by atoms with Crippen molar-refractivity contribution in [2.75, 3.05) is 26.7 Å². The minimum Gasteiger partial charge on any atom is -0.304 e. The first-order valence-electron chi connectivity index (χ1n) is 7.11. The van der Waals surface area contributed by atoms with Crippen LogP contribution in [0.15, 0.2) is 30.3 Å². The smallest absolute Gasteiger partial charge is 0.0233 e. The maximum atomic E-state index is 2.59. The molecule has 0 bridgehead atoms. The monoisotopic (exact) mass is 246 g/mol. The average Bonchev–Trinajstić information content (AvgIpc) is 2.77. The minimum absolute atomic E-state index is 0.660. The number of hydrogen-bond donors (Lipinski definition) is 0. The Morgan fingerprint density at radius 2 is 2.00 bits per heavy atom. The number of likely N-dealkylation sites (tertiary alicyclic amines) is 1. The van der Waals surface area contributed by atoms with Crippen molar-refractivity contribution in [1.29, 1.82) is 0 Å². The second-order valence-electron chi connectivity index (χ2n) is 5.91. The fourth-order valence-corrected chi connectivity index (χ4v) is 2.67. The van der Waals surface area contributed by atoms with Gasteiger partial charge in [0.15, 0.2) is 0 Å². The summed E-state index contributed by atoms with van der Waals surface area (Å²) in [7, 11) is 2.24. The lowest BCUT2D eigenvalue weighted by atomic mass is 10.1. The van der Waals surface area contributed by atoms with Crippen LogP contribution in [0.1, 0.15) is 25.8 Å². The predicted molar refractivity (Wildman–Crippen MR) is 77.6 cm³/mol. The van der Waals surface area contributed by atoms with E-state index >= 15 is 0 Å². The van der Waals surface area contributed by atoms with Crippen molar-refractivity contribution in [2.24, 2.45) is 5.92 Å². The van der Waals surface area contributed by atoms with Crippen LogP contribution < -0.4 is 0 Å². The quantitative estimate of drug-likeness (QED) is 0.788. The van der Waals surface area contributed by atoms with Gasteiger partial charge in [0.1, 0.15) is 0 Å². The van der Waals surface area contributed by atoms with Gasteiger partial charge in [-0.05, 0) is 45.3 Å². The molecule has 0 spiro atoms. The summed E-state index contributed by atoms with van der Waals surface area (Å²) in [5.41, 5.74) is 1.44. The van der Waals surface area contributed by atoms with E-state index in [0.29, 0.717) is 6.04 Å². The summed E-state index contributed by atoms with van der Waals surface area (Å²) in [6.07, 6.45) is 1.35. The zero-order valence-corrected chi connectivity index (χ0v) is 12.0. The van der Waals surface area contributed by atoms with Crippen LogP contribution in [0.2, 0.25) is 0 Å². The van der Waals surface area contributed by atoms with Gasteiger partial charge >= 0.3 is 0 Å². The van der Waals surface area contributed by atoms with E-state index in [0.717, 1.165) is 12.5 Å². The molecule has 100 valence electrons. The van der Waals surface area contributed by atoms with E-state index in [2.05, 4.69) is 61.0 Å². The summed E-state index contributed by atoms with van der Waals surface area (Å²) in [5, 5.41) is 0. The van der Waals surface area contributed by atoms with Crippen LogP contribution in [0.4, 0.5) is 0 Å². The zero-order valence-electron chi connectivity index (χ0n) is 12.0. The van der Waals surface area contributed by atoms with Crippen LogP contribution in [-0.2, 0) is 6.54 Å². The van der Waals surface area contributed by atoms with Crippen molar-refractivity contribution in [1.82, 2.24) is 9.80 Å². The maximum Gasteiger partial charge on any atom is 0.0233 e. The highest BCUT2D eigenvalue weighted by atomic mass is 15.2. The molecule has 0 saturated carbocycles. The highest BCUT2D eigenvalue weighted by Gasteiger charge is 2.23. The molecule has 0 aliphatic carbocycles. The molecule has 2 rings (SSSR count). The topological polar surface area (TPSA) is 6.48 Å². The van der Waals surface area contributed by atoms with Crippen LogP contribution in [0.5, 0.6) is 0 Å². The zero-order chi connectivity index (χ0) is 13.0. The summed E-state index contributed by atoms with van der Waals surface area (Å²) in [4.78, 5) is 5.06. The minimum atomic E-state index is 0.660. The largest absolute Gasteiger partial charge is 0.304 e. The Morgan fingerprint density at radius 3 is 2.67 bits per heavy atom. The Labute approximate surface area is 112 Å². The lowest BCUT2D eigenvalue weighted by Crippen LogP contribution is -2.32. The van der Waals surface area contributed by atoms with Crippen LogP contribution in [0.3, 0.4) is 0 Å². The molecule has 1 aliphatic rings. The van der Waals surface area contributed by atoms with Crippen molar-refractivity contribution < 1.29 is 0 Å². The summed E-state index contributed by atoms with van der Waals surface area (Å²) in [6, 6.07) is 11.5. The van der Waals surface area contributed by atoms with Gasteiger partial charge in [-0.25, -0.2) is 0 Å². The van der Waals surface area contributed by atoms with Crippen molar-refractivity contribution in [2.45, 2.75) is 32.9 Å². The first-order valence-corrected chi connectivity index (χ1v) is 7.11. The molecule has 18 heavy (non-hydrogen) atoms. The summed E-state index contributed by atoms with van der Waals surface area (Å²) < 4.78 is 0. The summed E-state index contributed by atoms with van der Waals surface area (Å²) >= 11 is 0. The SMILES string of the molecule is CC(C)N(C)CC1CCN(Cc2ccccc2)C1. The van der Waals surface area contributed by atoms with Gasteiger partial charge in [-0.2, -0.15) is 0 Å². The van der Waals surface area contributed by atoms with Gasteiger partial charge in [0, 0.05) is 25.7 Å². The van der Waals surface area contributed by atoms with Gasteiger partial charge < -0.3 is 4.90 Å². The number of hydrogen-bond acceptors (Lipinski definition) is 2. The molecule has 1 fully saturated rings. The molecule has 2 nitrogen and oxygen atoms in total. The van der Waals surface area contributed by atoms with Crippen molar-refractivity contribution >= 4 is 0 Å². The third kappa shape index (κ3) is 3.82. The van der Waals surface area contributed by atoms with Gasteiger partial charge in [-0.1, -0.05) is 30.3 Å². The Morgan fingerprint density at radius 1 is 1.28 bits per heavy atom. The second-order valence-corrected chi connectivity index (χ2v) is 5.91. The highest BCUT2D eigenvalue weighted by Crippen LogP contribution is 2.19. The number of nitrogens with zero attached hydrogens (tertiary/aromatic N) is 2. The lowest BCUT2D eigenvalue weighted by molar-refractivity contribution is 0.224. The van der Waals surface area contributed by atoms with Crippen LogP contribution >= 0.6 is 0 Å². The number of benzene rings is 1. The van der Waals surface area contributed by atoms with Crippen molar-refractivity contribution in [3.63, 3.8) is 0 Å². The fourth-order valence-electron chi connectivity index (χ4n) is 2.67. The third-order valence-corrected chi connectivity index (χ3v) is 4.05. The standard InChI is InChI=1S/C16H26N2/c1-14(2)17(3)11-16-9-10-18(13-16)12-15-7-5-4-6-8-15/h4-8,14,16H,9-13H2,1-3H3. The maximum absolute atomic E-state index is 2.59. The summed E-state index contributed by atoms with van der Waals surface area (Å²) in [5.74, 6) is 0.848. The van der Waals surface area contributed by atoms with Gasteiger partial charge in [0.05, 0.1) is 0 Å². The van der Waals surface area contributed by atoms with E-state index in [1.54, 1.807) is 0 Å². The number of rotatable bonds is 5. The molecule has 0 radical (unpaired) electrons. The van der Waals surface area contributed by atoms with E-state index in [4.69, 9.17) is 0 Å². The molecule has 2 heteroatoms. The van der Waals surface area contributed by atoms with Crippen LogP contribution in [-0.4, -0.2) is 42.5 Å². The first-order chi connectivity index (χ1) is 8.65. The molecule has 1 saturated heterocycles. The van der Waals surface area contributed by atoms with E-state index in [-0.39, 0.29) is 0 Å². The molecular formula is C16H26N2. The van der Waals surface area contributed by atoms with Gasteiger partial charge in [0.25, 0.3) is 0 Å². The molecular weight excluding hydrogens is 220 g/mol. The molecule has 1 heterocycles. The molecule has 1 atom stereocenters. The third-order valence-electron chi connectivity index (χ3n) is 4.05. The lowest BCUT2D eigenvalue weighted by Gasteiger charge is -2.24. The fraction of sp³-hybridized carbons (Fsp3) is 0.625. The van der Waals surface area contributed by atoms with Crippen molar-refractivity contribution in [3.05, 3.63) is 35.9 Å². The highest BCUT2D eigenvalue weighted by molar-refractivity contribution is 5.14. The normalized spacial score (nSPS) is 21.1. The predicted octanol–water partition coefficient (Wildman–Crippen LogP) is 2.85. The average molecular weight is 246 g/mol. The molecule has 1 aliphatic heterocycles. The first kappa shape index (κ1) is 13.6. The Bertz CT molecular complexity index is 347. The van der Waals surface area contributed by atoms with E-state index < -0.39 is 0 Å². The van der Waals surface area contributed by atoms with Crippen molar-refractivity contribution in [3.8, 4) is 0 Å². The molecule has 1 aromatic carbocycles. The van der Waals surface area contributed by atoms with Gasteiger partial charge in [-0.15, -0.1) is 0 Å². The molecule has 0 aromatic heterocycles. The second kappa shape index (κ2) is 6.35. The van der Waals surface area contributed by atoms with E-state index in [1.807, 2.05) is 0 Å². The van der Waals surface area contributed by atoms with Gasteiger partial charge in [-0.3, -0.25) is 4.90 Å². The molecule has 1 aromatic rings. The van der Waals surface area contributed by atoms with Gasteiger partial charge in [0.2, 0.25) is 0 Å². The summed E-state index contributed by atoms with van der Waals surface area (Å²) in [6.45, 7) is 9.41. The van der Waals surface area contributed by atoms with Crippen LogP contribution in [0.25, 0.3) is 0 Å². The Balaban J connectivity index is 1.78. The Hall–Kier alpha value is -0.860. The molecule has 1 unspecified atom stereocenters. The van der Waals surface area contributed by atoms with E-state index in [1.165, 1.54) is 31.6 Å².